The SMILES string of the molecule is NC(CCCCN(Cc1ccccc1)C(=O)O)C(=O)c1nc2ccccc2s1. The van der Waals surface area contributed by atoms with Crippen molar-refractivity contribution in [3.05, 3.63) is 65.2 Å². The summed E-state index contributed by atoms with van der Waals surface area (Å²) in [6.45, 7) is 0.763. The first kappa shape index (κ1) is 20.0. The van der Waals surface area contributed by atoms with Gasteiger partial charge in [-0.3, -0.25) is 4.79 Å². The number of Topliss-reactive ketones (excluding diaryl/α,β-unsaturated/α-hetero) is 1. The molecular weight excluding hydrogens is 374 g/mol. The second-order valence-electron chi connectivity index (χ2n) is 6.64. The van der Waals surface area contributed by atoms with E-state index in [9.17, 15) is 14.7 Å². The maximum absolute atomic E-state index is 12.5. The van der Waals surface area contributed by atoms with Gasteiger partial charge in [0.05, 0.1) is 16.3 Å². The Labute approximate surface area is 167 Å². The van der Waals surface area contributed by atoms with Crippen LogP contribution in [-0.2, 0) is 6.54 Å². The molecule has 2 aromatic carbocycles. The molecule has 1 heterocycles. The number of hydrogen-bond acceptors (Lipinski definition) is 5. The van der Waals surface area contributed by atoms with E-state index < -0.39 is 12.1 Å². The Morgan fingerprint density at radius 2 is 1.79 bits per heavy atom. The molecule has 28 heavy (non-hydrogen) atoms. The maximum atomic E-state index is 12.5. The van der Waals surface area contributed by atoms with Gasteiger partial charge in [-0.2, -0.15) is 0 Å². The number of carbonyl (C=O) groups excluding carboxylic acids is 1. The fourth-order valence-corrected chi connectivity index (χ4v) is 3.95. The van der Waals surface area contributed by atoms with Gasteiger partial charge in [-0.05, 0) is 37.0 Å². The number of carboxylic acid groups (broad SMARTS) is 1. The monoisotopic (exact) mass is 397 g/mol. The van der Waals surface area contributed by atoms with Crippen LogP contribution in [0.4, 0.5) is 4.79 Å². The van der Waals surface area contributed by atoms with Gasteiger partial charge < -0.3 is 15.7 Å². The van der Waals surface area contributed by atoms with Crippen LogP contribution in [0.1, 0.15) is 34.6 Å². The molecule has 1 aromatic heterocycles. The molecule has 0 fully saturated rings. The quantitative estimate of drug-likeness (QED) is 0.417. The number of amides is 1. The van der Waals surface area contributed by atoms with E-state index in [1.54, 1.807) is 0 Å². The van der Waals surface area contributed by atoms with Crippen LogP contribution in [0.3, 0.4) is 0 Å². The van der Waals surface area contributed by atoms with Crippen molar-refractivity contribution in [3.63, 3.8) is 0 Å². The molecule has 0 spiro atoms. The number of aromatic nitrogens is 1. The highest BCUT2D eigenvalue weighted by Crippen LogP contribution is 2.23. The molecule has 6 nitrogen and oxygen atoms in total. The highest BCUT2D eigenvalue weighted by molar-refractivity contribution is 7.20. The molecule has 0 aliphatic carbocycles. The van der Waals surface area contributed by atoms with E-state index in [0.717, 1.165) is 15.8 Å². The molecule has 1 unspecified atom stereocenters. The van der Waals surface area contributed by atoms with Gasteiger partial charge in [0, 0.05) is 13.1 Å². The second kappa shape index (κ2) is 9.43. The maximum Gasteiger partial charge on any atom is 0.407 e. The first-order valence-corrected chi connectivity index (χ1v) is 10.0. The smallest absolute Gasteiger partial charge is 0.407 e. The molecule has 0 saturated carbocycles. The molecule has 146 valence electrons. The molecule has 0 aliphatic rings. The van der Waals surface area contributed by atoms with Gasteiger partial charge in [0.25, 0.3) is 0 Å². The lowest BCUT2D eigenvalue weighted by Gasteiger charge is -2.19. The third-order valence-corrected chi connectivity index (χ3v) is 5.57. The van der Waals surface area contributed by atoms with Crippen molar-refractivity contribution >= 4 is 33.4 Å². The van der Waals surface area contributed by atoms with Gasteiger partial charge >= 0.3 is 6.09 Å². The number of carbonyl (C=O) groups is 2. The summed E-state index contributed by atoms with van der Waals surface area (Å²) in [5.74, 6) is -0.152. The molecular formula is C21H23N3O3S. The van der Waals surface area contributed by atoms with E-state index in [4.69, 9.17) is 5.73 Å². The van der Waals surface area contributed by atoms with Gasteiger partial charge in [0.15, 0.2) is 5.01 Å². The number of thiazole rings is 1. The molecule has 7 heteroatoms. The first-order chi connectivity index (χ1) is 13.5. The zero-order valence-electron chi connectivity index (χ0n) is 15.5. The zero-order chi connectivity index (χ0) is 19.9. The summed E-state index contributed by atoms with van der Waals surface area (Å²) >= 11 is 1.36. The van der Waals surface area contributed by atoms with Crippen molar-refractivity contribution in [1.29, 1.82) is 0 Å². The number of para-hydroxylation sites is 1. The van der Waals surface area contributed by atoms with Crippen molar-refractivity contribution < 1.29 is 14.7 Å². The van der Waals surface area contributed by atoms with Crippen LogP contribution in [0.25, 0.3) is 10.2 Å². The summed E-state index contributed by atoms with van der Waals surface area (Å²) in [6.07, 6.45) is 0.892. The summed E-state index contributed by atoms with van der Waals surface area (Å²) in [5, 5.41) is 9.82. The van der Waals surface area contributed by atoms with Crippen molar-refractivity contribution in [2.24, 2.45) is 5.73 Å². The van der Waals surface area contributed by atoms with Crippen molar-refractivity contribution in [3.8, 4) is 0 Å². The molecule has 0 saturated heterocycles. The Morgan fingerprint density at radius 1 is 1.07 bits per heavy atom. The standard InChI is InChI=1S/C21H23N3O3S/c22-16(19(25)20-23-17-11-4-5-12-18(17)28-20)10-6-7-13-24(21(26)27)14-15-8-2-1-3-9-15/h1-5,8-9,11-12,16H,6-7,10,13-14,22H2,(H,26,27). The summed E-state index contributed by atoms with van der Waals surface area (Å²) in [6, 6.07) is 16.5. The lowest BCUT2D eigenvalue weighted by molar-refractivity contribution is 0.0954. The van der Waals surface area contributed by atoms with Gasteiger partial charge in [-0.15, -0.1) is 11.3 Å². The van der Waals surface area contributed by atoms with E-state index in [1.165, 1.54) is 16.2 Å². The number of benzene rings is 2. The predicted molar refractivity (Wildman–Crippen MR) is 111 cm³/mol. The van der Waals surface area contributed by atoms with E-state index >= 15 is 0 Å². The van der Waals surface area contributed by atoms with Gasteiger partial charge in [0.1, 0.15) is 0 Å². The second-order valence-corrected chi connectivity index (χ2v) is 7.67. The average Bonchev–Trinajstić information content (AvgIpc) is 3.14. The van der Waals surface area contributed by atoms with E-state index in [-0.39, 0.29) is 5.78 Å². The normalized spacial score (nSPS) is 12.0. The third-order valence-electron chi connectivity index (χ3n) is 4.52. The molecule has 0 bridgehead atoms. The summed E-state index contributed by atoms with van der Waals surface area (Å²) in [7, 11) is 0. The Bertz CT molecular complexity index is 909. The van der Waals surface area contributed by atoms with E-state index in [1.807, 2.05) is 54.6 Å². The largest absolute Gasteiger partial charge is 0.465 e. The molecule has 1 amide bonds. The predicted octanol–water partition coefficient (Wildman–Crippen LogP) is 4.16. The average molecular weight is 398 g/mol. The van der Waals surface area contributed by atoms with E-state index in [2.05, 4.69) is 4.98 Å². The molecule has 0 aliphatic heterocycles. The number of unbranched alkanes of at least 4 members (excludes halogenated alkanes) is 1. The molecule has 3 N–H and O–H groups in total. The minimum Gasteiger partial charge on any atom is -0.465 e. The van der Waals surface area contributed by atoms with Crippen molar-refractivity contribution in [1.82, 2.24) is 9.88 Å². The lowest BCUT2D eigenvalue weighted by Crippen LogP contribution is -2.32. The summed E-state index contributed by atoms with van der Waals surface area (Å²) < 4.78 is 0.969. The first-order valence-electron chi connectivity index (χ1n) is 9.22. The van der Waals surface area contributed by atoms with Crippen LogP contribution in [0.2, 0.25) is 0 Å². The number of fused-ring (bicyclic) bond motifs is 1. The Morgan fingerprint density at radius 3 is 2.50 bits per heavy atom. The van der Waals surface area contributed by atoms with Gasteiger partial charge in [0.2, 0.25) is 5.78 Å². The summed E-state index contributed by atoms with van der Waals surface area (Å²) in [5.41, 5.74) is 7.82. The Hall–Kier alpha value is -2.77. The zero-order valence-corrected chi connectivity index (χ0v) is 16.3. The molecule has 0 radical (unpaired) electrons. The number of hydrogen-bond donors (Lipinski definition) is 2. The van der Waals surface area contributed by atoms with E-state index in [0.29, 0.717) is 37.4 Å². The number of nitrogens with zero attached hydrogens (tertiary/aromatic N) is 2. The minimum absolute atomic E-state index is 0.152. The highest BCUT2D eigenvalue weighted by Gasteiger charge is 2.20. The van der Waals surface area contributed by atoms with Crippen molar-refractivity contribution in [2.45, 2.75) is 31.8 Å². The van der Waals surface area contributed by atoms with Crippen LogP contribution in [0, 0.1) is 0 Å². The van der Waals surface area contributed by atoms with Crippen LogP contribution < -0.4 is 5.73 Å². The Balaban J connectivity index is 1.47. The number of rotatable bonds is 9. The van der Waals surface area contributed by atoms with Crippen LogP contribution in [0.15, 0.2) is 54.6 Å². The molecule has 1 atom stereocenters. The topological polar surface area (TPSA) is 96.5 Å². The van der Waals surface area contributed by atoms with Crippen LogP contribution in [-0.4, -0.2) is 39.5 Å². The fourth-order valence-electron chi connectivity index (χ4n) is 2.98. The number of ketones is 1. The highest BCUT2D eigenvalue weighted by atomic mass is 32.1. The van der Waals surface area contributed by atoms with Gasteiger partial charge in [-0.25, -0.2) is 9.78 Å². The Kier molecular flexibility index (Phi) is 6.73. The molecule has 3 aromatic rings. The fraction of sp³-hybridized carbons (Fsp3) is 0.286. The number of nitrogens with two attached hydrogens (primary N) is 1. The minimum atomic E-state index is -0.946. The third kappa shape index (κ3) is 5.15. The van der Waals surface area contributed by atoms with Gasteiger partial charge in [-0.1, -0.05) is 42.5 Å². The molecule has 3 rings (SSSR count). The lowest BCUT2D eigenvalue weighted by atomic mass is 10.1. The van der Waals surface area contributed by atoms with Crippen molar-refractivity contribution in [2.75, 3.05) is 6.54 Å². The van der Waals surface area contributed by atoms with Crippen LogP contribution in [0.5, 0.6) is 0 Å². The van der Waals surface area contributed by atoms with Crippen LogP contribution >= 0.6 is 11.3 Å². The summed E-state index contributed by atoms with van der Waals surface area (Å²) in [4.78, 5) is 29.7.